The number of hydrogen-bond acceptors (Lipinski definition) is 6. The predicted molar refractivity (Wildman–Crippen MR) is 126 cm³/mol. The fraction of sp³-hybridized carbons (Fsp3) is 0.250. The number of para-hydroxylation sites is 2. The lowest BCUT2D eigenvalue weighted by Crippen LogP contribution is -2.19. The molecule has 0 bridgehead atoms. The van der Waals surface area contributed by atoms with Gasteiger partial charge < -0.3 is 20.1 Å². The largest absolute Gasteiger partial charge is 0.356 e. The van der Waals surface area contributed by atoms with Crippen LogP contribution in [0.1, 0.15) is 18.5 Å². The molecule has 8 nitrogen and oxygen atoms in total. The molecule has 0 radical (unpaired) electrons. The van der Waals surface area contributed by atoms with Gasteiger partial charge in [-0.15, -0.1) is 0 Å². The van der Waals surface area contributed by atoms with Gasteiger partial charge in [-0.05, 0) is 56.2 Å². The van der Waals surface area contributed by atoms with Crippen molar-refractivity contribution < 1.29 is 4.79 Å². The molecule has 2 N–H and O–H groups in total. The van der Waals surface area contributed by atoms with E-state index in [1.807, 2.05) is 66.1 Å². The average Bonchev–Trinajstić information content (AvgIpc) is 3.46. The predicted octanol–water partition coefficient (Wildman–Crippen LogP) is 4.12. The fourth-order valence-electron chi connectivity index (χ4n) is 3.97. The molecule has 162 valence electrons. The minimum Gasteiger partial charge on any atom is -0.356 e. The number of rotatable bonds is 6. The third-order valence-corrected chi connectivity index (χ3v) is 5.54. The number of carbonyl (C=O) groups excluding carboxylic acids is 1. The van der Waals surface area contributed by atoms with Crippen LogP contribution in [0.4, 0.5) is 23.1 Å². The number of nitrogens with zero attached hydrogens (tertiary/aromatic N) is 5. The van der Waals surface area contributed by atoms with E-state index in [1.54, 1.807) is 6.33 Å². The van der Waals surface area contributed by atoms with Crippen LogP contribution in [0.5, 0.6) is 0 Å². The van der Waals surface area contributed by atoms with Gasteiger partial charge in [0.05, 0.1) is 17.4 Å². The van der Waals surface area contributed by atoms with Gasteiger partial charge in [0.25, 0.3) is 0 Å². The Morgan fingerprint density at radius 2 is 1.75 bits per heavy atom. The molecule has 32 heavy (non-hydrogen) atoms. The lowest BCUT2D eigenvalue weighted by Gasteiger charge is -2.17. The zero-order chi connectivity index (χ0) is 21.9. The molecule has 0 spiro atoms. The number of aryl methyl sites for hydroxylation is 1. The van der Waals surface area contributed by atoms with Crippen molar-refractivity contribution in [1.82, 2.24) is 19.5 Å². The highest BCUT2D eigenvalue weighted by Crippen LogP contribution is 2.22. The van der Waals surface area contributed by atoms with Gasteiger partial charge >= 0.3 is 0 Å². The maximum Gasteiger partial charge on any atom is 0.244 e. The number of carbonyl (C=O) groups is 1. The topological polar surface area (TPSA) is 88.0 Å². The van der Waals surface area contributed by atoms with Gasteiger partial charge in [0, 0.05) is 36.2 Å². The minimum absolute atomic E-state index is 0.105. The van der Waals surface area contributed by atoms with Crippen LogP contribution in [0.25, 0.3) is 11.0 Å². The number of aromatic nitrogens is 4. The van der Waals surface area contributed by atoms with Crippen LogP contribution >= 0.6 is 0 Å². The first-order valence-corrected chi connectivity index (χ1v) is 10.8. The van der Waals surface area contributed by atoms with E-state index in [0.29, 0.717) is 5.95 Å². The lowest BCUT2D eigenvalue weighted by molar-refractivity contribution is -0.116. The van der Waals surface area contributed by atoms with E-state index in [1.165, 1.54) is 12.8 Å². The summed E-state index contributed by atoms with van der Waals surface area (Å²) in [6.07, 6.45) is 4.10. The molecule has 1 amide bonds. The van der Waals surface area contributed by atoms with Crippen LogP contribution in [0, 0.1) is 6.92 Å². The molecule has 0 atom stereocenters. The normalized spacial score (nSPS) is 13.5. The molecule has 8 heteroatoms. The number of amides is 1. The summed E-state index contributed by atoms with van der Waals surface area (Å²) in [5.41, 5.74) is 4.34. The molecule has 2 aromatic carbocycles. The van der Waals surface area contributed by atoms with Crippen LogP contribution in [0.2, 0.25) is 0 Å². The van der Waals surface area contributed by atoms with Crippen LogP contribution in [0.3, 0.4) is 0 Å². The van der Waals surface area contributed by atoms with Gasteiger partial charge in [0.2, 0.25) is 11.9 Å². The number of benzene rings is 2. The van der Waals surface area contributed by atoms with E-state index in [-0.39, 0.29) is 12.5 Å². The van der Waals surface area contributed by atoms with E-state index < -0.39 is 0 Å². The Morgan fingerprint density at radius 1 is 1.00 bits per heavy atom. The smallest absolute Gasteiger partial charge is 0.244 e. The monoisotopic (exact) mass is 427 g/mol. The number of imidazole rings is 1. The summed E-state index contributed by atoms with van der Waals surface area (Å²) in [5.74, 6) is 1.44. The van der Waals surface area contributed by atoms with Crippen molar-refractivity contribution in [2.45, 2.75) is 26.3 Å². The molecule has 1 aliphatic heterocycles. The van der Waals surface area contributed by atoms with E-state index >= 15 is 0 Å². The van der Waals surface area contributed by atoms with Crippen molar-refractivity contribution in [3.8, 4) is 0 Å². The first kappa shape index (κ1) is 20.0. The zero-order valence-electron chi connectivity index (χ0n) is 18.0. The summed E-state index contributed by atoms with van der Waals surface area (Å²) < 4.78 is 1.84. The molecular weight excluding hydrogens is 402 g/mol. The first-order valence-electron chi connectivity index (χ1n) is 10.8. The minimum atomic E-state index is -0.105. The number of anilines is 4. The second-order valence-corrected chi connectivity index (χ2v) is 8.00. The van der Waals surface area contributed by atoms with Gasteiger partial charge in [0.1, 0.15) is 12.4 Å². The SMILES string of the molecule is Cc1cc(N2CCCC2)nc(Nc2ccc(NC(=O)Cn3cnc4ccccc43)cc2)n1. The van der Waals surface area contributed by atoms with E-state index in [9.17, 15) is 4.79 Å². The molecule has 0 aliphatic carbocycles. The second-order valence-electron chi connectivity index (χ2n) is 8.00. The average molecular weight is 428 g/mol. The maximum absolute atomic E-state index is 12.5. The highest BCUT2D eigenvalue weighted by atomic mass is 16.1. The van der Waals surface area contributed by atoms with Crippen LogP contribution < -0.4 is 15.5 Å². The third kappa shape index (κ3) is 4.39. The Morgan fingerprint density at radius 3 is 2.56 bits per heavy atom. The zero-order valence-corrected chi connectivity index (χ0v) is 18.0. The molecule has 2 aromatic heterocycles. The standard InChI is InChI=1S/C24H25N7O/c1-17-14-22(30-12-4-5-13-30)29-24(26-17)28-19-10-8-18(9-11-19)27-23(32)15-31-16-25-20-6-2-3-7-21(20)31/h2-3,6-11,14,16H,4-5,12-13,15H2,1H3,(H,27,32)(H,26,28,29). The summed E-state index contributed by atoms with van der Waals surface area (Å²) in [6.45, 7) is 4.27. The van der Waals surface area contributed by atoms with Crippen molar-refractivity contribution in [2.24, 2.45) is 0 Å². The molecule has 3 heterocycles. The second kappa shape index (κ2) is 8.66. The van der Waals surface area contributed by atoms with E-state index in [0.717, 1.165) is 47.0 Å². The Balaban J connectivity index is 1.23. The Kier molecular flexibility index (Phi) is 5.41. The molecule has 0 unspecified atom stereocenters. The highest BCUT2D eigenvalue weighted by molar-refractivity contribution is 5.91. The third-order valence-electron chi connectivity index (χ3n) is 5.54. The number of nitrogens with one attached hydrogen (secondary N) is 2. The summed E-state index contributed by atoms with van der Waals surface area (Å²) >= 11 is 0. The number of hydrogen-bond donors (Lipinski definition) is 2. The first-order chi connectivity index (χ1) is 15.6. The maximum atomic E-state index is 12.5. The molecule has 4 aromatic rings. The summed E-state index contributed by atoms with van der Waals surface area (Å²) in [4.78, 5) is 28.3. The lowest BCUT2D eigenvalue weighted by atomic mass is 10.2. The molecule has 5 rings (SSSR count). The van der Waals surface area contributed by atoms with Crippen LogP contribution in [-0.2, 0) is 11.3 Å². The van der Waals surface area contributed by atoms with Gasteiger partial charge in [-0.3, -0.25) is 4.79 Å². The van der Waals surface area contributed by atoms with Crippen molar-refractivity contribution in [3.63, 3.8) is 0 Å². The Bertz CT molecular complexity index is 1240. The Hall–Kier alpha value is -3.94. The van der Waals surface area contributed by atoms with E-state index in [2.05, 4.69) is 30.5 Å². The van der Waals surface area contributed by atoms with Crippen LogP contribution in [-0.4, -0.2) is 38.5 Å². The molecule has 1 saturated heterocycles. The summed E-state index contributed by atoms with van der Waals surface area (Å²) in [6, 6.07) is 17.3. The molecule has 0 saturated carbocycles. The molecule has 1 fully saturated rings. The van der Waals surface area contributed by atoms with Gasteiger partial charge in [0.15, 0.2) is 0 Å². The highest BCUT2D eigenvalue weighted by Gasteiger charge is 2.15. The van der Waals surface area contributed by atoms with Crippen molar-refractivity contribution in [3.05, 3.63) is 66.6 Å². The quantitative estimate of drug-likeness (QED) is 0.481. The number of fused-ring (bicyclic) bond motifs is 1. The summed E-state index contributed by atoms with van der Waals surface area (Å²) in [5, 5.41) is 6.21. The van der Waals surface area contributed by atoms with Gasteiger partial charge in [-0.25, -0.2) is 9.97 Å². The van der Waals surface area contributed by atoms with Crippen molar-refractivity contribution in [2.75, 3.05) is 28.6 Å². The van der Waals surface area contributed by atoms with E-state index in [4.69, 9.17) is 0 Å². The van der Waals surface area contributed by atoms with Crippen LogP contribution in [0.15, 0.2) is 60.9 Å². The van der Waals surface area contributed by atoms with Crippen molar-refractivity contribution in [1.29, 1.82) is 0 Å². The molecular formula is C24H25N7O. The summed E-state index contributed by atoms with van der Waals surface area (Å²) in [7, 11) is 0. The van der Waals surface area contributed by atoms with Gasteiger partial charge in [-0.1, -0.05) is 12.1 Å². The van der Waals surface area contributed by atoms with Gasteiger partial charge in [-0.2, -0.15) is 4.98 Å². The molecule has 1 aliphatic rings. The fourth-order valence-corrected chi connectivity index (χ4v) is 3.97. The Labute approximate surface area is 186 Å². The van der Waals surface area contributed by atoms with Crippen molar-refractivity contribution >= 4 is 40.1 Å².